The van der Waals surface area contributed by atoms with Crippen LogP contribution < -0.4 is 5.32 Å². The van der Waals surface area contributed by atoms with Gasteiger partial charge < -0.3 is 19.7 Å². The van der Waals surface area contributed by atoms with Crippen LogP contribution in [-0.4, -0.2) is 59.4 Å². The van der Waals surface area contributed by atoms with Crippen molar-refractivity contribution in [1.82, 2.24) is 14.9 Å². The Hall–Kier alpha value is -1.73. The summed E-state index contributed by atoms with van der Waals surface area (Å²) < 4.78 is 11.4. The number of hydrogen-bond acceptors (Lipinski definition) is 6. The summed E-state index contributed by atoms with van der Waals surface area (Å²) in [6.07, 6.45) is 4.03. The topological polar surface area (TPSA) is 76.6 Å². The molecule has 0 bridgehead atoms. The highest BCUT2D eigenvalue weighted by Gasteiger charge is 2.41. The minimum atomic E-state index is -0.462. The zero-order valence-electron chi connectivity index (χ0n) is 12.9. The van der Waals surface area contributed by atoms with Gasteiger partial charge in [-0.15, -0.1) is 0 Å². The molecule has 7 heteroatoms. The Labute approximate surface area is 130 Å². The largest absolute Gasteiger partial charge is 0.354 e. The monoisotopic (exact) mass is 306 g/mol. The molecule has 2 aliphatic heterocycles. The lowest BCUT2D eigenvalue weighted by molar-refractivity contribution is -0.181. The smallest absolute Gasteiger partial charge is 0.272 e. The van der Waals surface area contributed by atoms with E-state index in [1.165, 1.54) is 0 Å². The van der Waals surface area contributed by atoms with Gasteiger partial charge >= 0.3 is 0 Å². The van der Waals surface area contributed by atoms with E-state index in [-0.39, 0.29) is 5.91 Å². The highest BCUT2D eigenvalue weighted by molar-refractivity contribution is 5.92. The molecule has 2 fully saturated rings. The zero-order valence-corrected chi connectivity index (χ0v) is 12.9. The van der Waals surface area contributed by atoms with Crippen molar-refractivity contribution >= 4 is 11.9 Å². The fraction of sp³-hybridized carbons (Fsp3) is 0.667. The van der Waals surface area contributed by atoms with E-state index in [2.05, 4.69) is 22.2 Å². The molecular weight excluding hydrogens is 284 g/mol. The fourth-order valence-corrected chi connectivity index (χ4v) is 2.80. The van der Waals surface area contributed by atoms with E-state index in [1.807, 2.05) is 4.90 Å². The van der Waals surface area contributed by atoms with Gasteiger partial charge in [0.15, 0.2) is 5.79 Å². The van der Waals surface area contributed by atoms with E-state index in [9.17, 15) is 4.79 Å². The highest BCUT2D eigenvalue weighted by Crippen LogP contribution is 2.31. The Morgan fingerprint density at radius 1 is 1.36 bits per heavy atom. The summed E-state index contributed by atoms with van der Waals surface area (Å²) >= 11 is 0. The van der Waals surface area contributed by atoms with Crippen molar-refractivity contribution in [3.63, 3.8) is 0 Å². The number of ether oxygens (including phenoxy) is 2. The molecule has 3 rings (SSSR count). The first kappa shape index (κ1) is 15.2. The molecule has 0 unspecified atom stereocenters. The number of likely N-dealkylation sites (tertiary alicyclic amines) is 1. The maximum atomic E-state index is 12.6. The van der Waals surface area contributed by atoms with Gasteiger partial charge in [0, 0.05) is 38.7 Å². The molecule has 1 N–H and O–H groups in total. The molecule has 0 radical (unpaired) electrons. The van der Waals surface area contributed by atoms with Crippen molar-refractivity contribution in [1.29, 1.82) is 0 Å². The van der Waals surface area contributed by atoms with Gasteiger partial charge in [0.1, 0.15) is 5.69 Å². The lowest BCUT2D eigenvalue weighted by atomic mass is 10.0. The molecule has 0 aliphatic carbocycles. The van der Waals surface area contributed by atoms with Crippen molar-refractivity contribution in [2.24, 2.45) is 0 Å². The number of rotatable bonds is 4. The van der Waals surface area contributed by atoms with Crippen molar-refractivity contribution in [3.8, 4) is 0 Å². The molecular formula is C15H22N4O3. The Bertz CT molecular complexity index is 521. The van der Waals surface area contributed by atoms with Crippen molar-refractivity contribution in [2.75, 3.05) is 38.2 Å². The Morgan fingerprint density at radius 2 is 2.09 bits per heavy atom. The number of aromatic nitrogens is 2. The molecule has 1 aromatic heterocycles. The second-order valence-corrected chi connectivity index (χ2v) is 5.59. The number of carbonyl (C=O) groups is 1. The summed E-state index contributed by atoms with van der Waals surface area (Å²) in [5, 5.41) is 3.10. The highest BCUT2D eigenvalue weighted by atomic mass is 16.7. The third kappa shape index (κ3) is 3.20. The van der Waals surface area contributed by atoms with Crippen molar-refractivity contribution in [2.45, 2.75) is 32.0 Å². The van der Waals surface area contributed by atoms with Gasteiger partial charge in [-0.05, 0) is 12.5 Å². The van der Waals surface area contributed by atoms with E-state index >= 15 is 0 Å². The predicted octanol–water partition coefficient (Wildman–Crippen LogP) is 1.28. The summed E-state index contributed by atoms with van der Waals surface area (Å²) in [5.41, 5.74) is 0.429. The standard InChI is InChI=1S/C15H22N4O3/c1-2-6-16-14-17-7-3-12(18-14)13(20)19-8-4-15(5-9-19)21-10-11-22-15/h3,7H,2,4-6,8-11H2,1H3,(H,16,17,18). The van der Waals surface area contributed by atoms with Crippen LogP contribution in [0, 0.1) is 0 Å². The minimum absolute atomic E-state index is 0.0604. The van der Waals surface area contributed by atoms with E-state index in [1.54, 1.807) is 12.3 Å². The molecule has 2 aliphatic rings. The van der Waals surface area contributed by atoms with Crippen molar-refractivity contribution < 1.29 is 14.3 Å². The molecule has 1 spiro atoms. The normalized spacial score (nSPS) is 20.3. The Kier molecular flexibility index (Phi) is 4.54. The van der Waals surface area contributed by atoms with Crippen LogP contribution in [0.4, 0.5) is 5.95 Å². The van der Waals surface area contributed by atoms with Gasteiger partial charge in [-0.3, -0.25) is 4.79 Å². The van der Waals surface area contributed by atoms with E-state index in [4.69, 9.17) is 9.47 Å². The molecule has 0 aromatic carbocycles. The number of piperidine rings is 1. The first-order valence-corrected chi connectivity index (χ1v) is 7.86. The van der Waals surface area contributed by atoms with Crippen LogP contribution in [0.1, 0.15) is 36.7 Å². The summed E-state index contributed by atoms with van der Waals surface area (Å²) in [6, 6.07) is 1.66. The van der Waals surface area contributed by atoms with Crippen LogP contribution in [0.15, 0.2) is 12.3 Å². The van der Waals surface area contributed by atoms with Crippen LogP contribution in [0.3, 0.4) is 0 Å². The number of nitrogens with one attached hydrogen (secondary N) is 1. The van der Waals surface area contributed by atoms with Gasteiger partial charge in [0.2, 0.25) is 5.95 Å². The molecule has 120 valence electrons. The fourth-order valence-electron chi connectivity index (χ4n) is 2.80. The number of nitrogens with zero attached hydrogens (tertiary/aromatic N) is 3. The lowest BCUT2D eigenvalue weighted by Crippen LogP contribution is -2.47. The van der Waals surface area contributed by atoms with Gasteiger partial charge in [0.05, 0.1) is 13.2 Å². The van der Waals surface area contributed by atoms with E-state index in [0.29, 0.717) is 50.8 Å². The Balaban J connectivity index is 1.62. The first-order chi connectivity index (χ1) is 10.7. The predicted molar refractivity (Wildman–Crippen MR) is 80.6 cm³/mol. The summed E-state index contributed by atoms with van der Waals surface area (Å²) in [5.74, 6) is -0.0190. The molecule has 0 atom stereocenters. The first-order valence-electron chi connectivity index (χ1n) is 7.86. The number of hydrogen-bond donors (Lipinski definition) is 1. The van der Waals surface area contributed by atoms with Gasteiger partial charge in [0.25, 0.3) is 5.91 Å². The van der Waals surface area contributed by atoms with Gasteiger partial charge in [-0.25, -0.2) is 9.97 Å². The molecule has 7 nitrogen and oxygen atoms in total. The maximum absolute atomic E-state index is 12.6. The van der Waals surface area contributed by atoms with Gasteiger partial charge in [-0.2, -0.15) is 0 Å². The Morgan fingerprint density at radius 3 is 2.77 bits per heavy atom. The SMILES string of the molecule is CCCNc1nccc(C(=O)N2CCC3(CC2)OCCO3)n1. The van der Waals surface area contributed by atoms with Crippen LogP contribution >= 0.6 is 0 Å². The lowest BCUT2D eigenvalue weighted by Gasteiger charge is -2.37. The molecule has 2 saturated heterocycles. The van der Waals surface area contributed by atoms with E-state index in [0.717, 1.165) is 13.0 Å². The molecule has 1 aromatic rings. The number of amides is 1. The average molecular weight is 306 g/mol. The second kappa shape index (κ2) is 6.58. The number of anilines is 1. The van der Waals surface area contributed by atoms with E-state index < -0.39 is 5.79 Å². The maximum Gasteiger partial charge on any atom is 0.272 e. The molecule has 1 amide bonds. The van der Waals surface area contributed by atoms with Gasteiger partial charge in [-0.1, -0.05) is 6.92 Å². The molecule has 3 heterocycles. The minimum Gasteiger partial charge on any atom is -0.354 e. The van der Waals surface area contributed by atoms with Crippen LogP contribution in [-0.2, 0) is 9.47 Å². The van der Waals surface area contributed by atoms with Crippen LogP contribution in [0.5, 0.6) is 0 Å². The summed E-state index contributed by atoms with van der Waals surface area (Å²) in [7, 11) is 0. The summed E-state index contributed by atoms with van der Waals surface area (Å²) in [4.78, 5) is 22.8. The zero-order chi connectivity index (χ0) is 15.4. The van der Waals surface area contributed by atoms with Crippen LogP contribution in [0.2, 0.25) is 0 Å². The third-order valence-electron chi connectivity index (χ3n) is 4.03. The third-order valence-corrected chi connectivity index (χ3v) is 4.03. The molecule has 22 heavy (non-hydrogen) atoms. The van der Waals surface area contributed by atoms with Crippen molar-refractivity contribution in [3.05, 3.63) is 18.0 Å². The molecule has 0 saturated carbocycles. The number of carbonyl (C=O) groups excluding carboxylic acids is 1. The van der Waals surface area contributed by atoms with Crippen LogP contribution in [0.25, 0.3) is 0 Å². The second-order valence-electron chi connectivity index (χ2n) is 5.59. The quantitative estimate of drug-likeness (QED) is 0.903. The average Bonchev–Trinajstić information content (AvgIpc) is 3.01. The summed E-state index contributed by atoms with van der Waals surface area (Å²) in [6.45, 7) is 5.40.